The van der Waals surface area contributed by atoms with Crippen LogP contribution in [0.2, 0.25) is 1.41 Å². The summed E-state index contributed by atoms with van der Waals surface area (Å²) in [6, 6.07) is 6.60. The number of aromatic nitrogens is 2. The van der Waals surface area contributed by atoms with Crippen LogP contribution in [0.15, 0.2) is 36.7 Å². The van der Waals surface area contributed by atoms with Gasteiger partial charge in [-0.25, -0.2) is 9.97 Å². The van der Waals surface area contributed by atoms with Gasteiger partial charge < -0.3 is 19.8 Å². The minimum Gasteiger partial charge on any atom is -0.490 e. The SMILES string of the molecule is [2H]N(C(=O)c1ccc2c(c1)OCCN2c1ncccn1)[C@@H]1CCN(C#N)C1. The topological polar surface area (TPSA) is 94.4 Å². The molecule has 1 N–H and O–H groups in total. The third-order valence-corrected chi connectivity index (χ3v) is 4.47. The summed E-state index contributed by atoms with van der Waals surface area (Å²) in [4.78, 5) is 24.8. The van der Waals surface area contributed by atoms with Crippen LogP contribution in [0.5, 0.6) is 5.75 Å². The number of likely N-dealkylation sites (tertiary alicyclic amines) is 1. The Balaban J connectivity index is 1.56. The maximum absolute atomic E-state index is 12.7. The van der Waals surface area contributed by atoms with Crippen molar-refractivity contribution in [2.75, 3.05) is 31.1 Å². The fourth-order valence-corrected chi connectivity index (χ4v) is 3.17. The molecule has 0 bridgehead atoms. The average molecular weight is 351 g/mol. The van der Waals surface area contributed by atoms with E-state index in [2.05, 4.69) is 16.2 Å². The fourth-order valence-electron chi connectivity index (χ4n) is 3.17. The van der Waals surface area contributed by atoms with E-state index in [9.17, 15) is 4.79 Å². The number of benzene rings is 1. The number of hydrogen-bond donors (Lipinski definition) is 1. The first-order valence-electron chi connectivity index (χ1n) is 8.90. The molecular weight excluding hydrogens is 332 g/mol. The van der Waals surface area contributed by atoms with E-state index in [1.165, 1.54) is 0 Å². The van der Waals surface area contributed by atoms with Gasteiger partial charge in [0.05, 0.1) is 12.2 Å². The average Bonchev–Trinajstić information content (AvgIpc) is 3.22. The van der Waals surface area contributed by atoms with Crippen LogP contribution in [0.4, 0.5) is 11.6 Å². The van der Waals surface area contributed by atoms with Gasteiger partial charge in [0.25, 0.3) is 5.91 Å². The van der Waals surface area contributed by atoms with E-state index in [1.54, 1.807) is 41.6 Å². The summed E-state index contributed by atoms with van der Waals surface area (Å²) in [5.41, 5.74) is 1.17. The molecule has 4 rings (SSSR count). The van der Waals surface area contributed by atoms with Gasteiger partial charge in [0.1, 0.15) is 12.4 Å². The molecule has 2 aliphatic heterocycles. The molecule has 0 radical (unpaired) electrons. The quantitative estimate of drug-likeness (QED) is 0.833. The van der Waals surface area contributed by atoms with Gasteiger partial charge in [0, 0.05) is 37.1 Å². The first kappa shape index (κ1) is 15.0. The van der Waals surface area contributed by atoms with Crippen LogP contribution in [0.25, 0.3) is 0 Å². The minimum absolute atomic E-state index is 0.289. The van der Waals surface area contributed by atoms with Gasteiger partial charge in [-0.2, -0.15) is 5.26 Å². The summed E-state index contributed by atoms with van der Waals surface area (Å²) in [7, 11) is 0. The molecule has 3 heterocycles. The first-order valence-corrected chi connectivity index (χ1v) is 8.46. The van der Waals surface area contributed by atoms with E-state index in [-0.39, 0.29) is 6.04 Å². The number of amides is 1. The number of fused-ring (bicyclic) bond motifs is 1. The molecule has 2 aliphatic rings. The summed E-state index contributed by atoms with van der Waals surface area (Å²) >= 11 is 0. The Hall–Kier alpha value is -3.34. The largest absolute Gasteiger partial charge is 0.490 e. The lowest BCUT2D eigenvalue weighted by Gasteiger charge is -2.29. The molecule has 1 atom stereocenters. The van der Waals surface area contributed by atoms with E-state index in [0.29, 0.717) is 49.9 Å². The lowest BCUT2D eigenvalue weighted by molar-refractivity contribution is 0.0938. The highest BCUT2D eigenvalue weighted by Gasteiger charge is 2.25. The molecule has 0 saturated carbocycles. The van der Waals surface area contributed by atoms with Crippen LogP contribution in [0, 0.1) is 11.5 Å². The summed E-state index contributed by atoms with van der Waals surface area (Å²) in [5.74, 6) is 0.739. The highest BCUT2D eigenvalue weighted by molar-refractivity contribution is 5.95. The Kier molecular flexibility index (Phi) is 3.96. The molecule has 8 nitrogen and oxygen atoms in total. The van der Waals surface area contributed by atoms with Gasteiger partial charge in [-0.1, -0.05) is 0 Å². The second-order valence-corrected chi connectivity index (χ2v) is 6.15. The van der Waals surface area contributed by atoms with E-state index in [4.69, 9.17) is 11.4 Å². The van der Waals surface area contributed by atoms with Crippen molar-refractivity contribution in [2.24, 2.45) is 0 Å². The third kappa shape index (κ3) is 3.11. The molecule has 132 valence electrons. The molecule has 0 spiro atoms. The Bertz CT molecular complexity index is 887. The number of nitrogens with zero attached hydrogens (tertiary/aromatic N) is 5. The van der Waals surface area contributed by atoms with Crippen molar-refractivity contribution in [3.05, 3.63) is 42.2 Å². The molecule has 0 unspecified atom stereocenters. The van der Waals surface area contributed by atoms with E-state index in [1.807, 2.05) is 4.90 Å². The van der Waals surface area contributed by atoms with Gasteiger partial charge in [-0.05, 0) is 30.7 Å². The summed E-state index contributed by atoms with van der Waals surface area (Å²) in [5, 5.41) is 9.92. The van der Waals surface area contributed by atoms with E-state index >= 15 is 0 Å². The van der Waals surface area contributed by atoms with Gasteiger partial charge in [0.2, 0.25) is 5.95 Å². The van der Waals surface area contributed by atoms with Crippen molar-refractivity contribution in [3.8, 4) is 11.9 Å². The fraction of sp³-hybridized carbons (Fsp3) is 0.333. The summed E-state index contributed by atoms with van der Waals surface area (Å²) in [6.45, 7) is 2.03. The maximum Gasteiger partial charge on any atom is 0.251 e. The van der Waals surface area contributed by atoms with E-state index in [0.717, 1.165) is 11.0 Å². The lowest BCUT2D eigenvalue weighted by Crippen LogP contribution is -2.36. The summed E-state index contributed by atoms with van der Waals surface area (Å²) < 4.78 is 13.9. The predicted molar refractivity (Wildman–Crippen MR) is 94.0 cm³/mol. The number of carbonyl (C=O) groups is 1. The van der Waals surface area contributed by atoms with Crippen molar-refractivity contribution in [2.45, 2.75) is 12.5 Å². The Morgan fingerprint density at radius 1 is 1.38 bits per heavy atom. The highest BCUT2D eigenvalue weighted by atomic mass is 16.5. The van der Waals surface area contributed by atoms with Crippen molar-refractivity contribution in [1.82, 2.24) is 20.2 Å². The second-order valence-electron chi connectivity index (χ2n) is 6.15. The zero-order chi connectivity index (χ0) is 18.8. The number of rotatable bonds is 3. The number of nitrogens with one attached hydrogen (secondary N) is 1. The molecular formula is C18H18N6O2. The minimum atomic E-state index is -0.403. The Labute approximate surface area is 152 Å². The second kappa shape index (κ2) is 6.88. The van der Waals surface area contributed by atoms with Gasteiger partial charge in [-0.3, -0.25) is 4.79 Å². The molecule has 1 saturated heterocycles. The zero-order valence-corrected chi connectivity index (χ0v) is 14.1. The van der Waals surface area contributed by atoms with Crippen LogP contribution in [0.3, 0.4) is 0 Å². The molecule has 2 aromatic rings. The molecule has 0 aliphatic carbocycles. The monoisotopic (exact) mass is 351 g/mol. The molecule has 26 heavy (non-hydrogen) atoms. The maximum atomic E-state index is 12.7. The number of anilines is 2. The van der Waals surface area contributed by atoms with Crippen molar-refractivity contribution in [1.29, 1.82) is 5.26 Å². The zero-order valence-electron chi connectivity index (χ0n) is 15.1. The van der Waals surface area contributed by atoms with Crippen LogP contribution in [-0.4, -0.2) is 53.1 Å². The number of ether oxygens (including phenoxy) is 1. The lowest BCUT2D eigenvalue weighted by atomic mass is 10.1. The summed E-state index contributed by atoms with van der Waals surface area (Å²) in [6.07, 6.45) is 6.04. The molecule has 1 aromatic heterocycles. The van der Waals surface area contributed by atoms with Crippen LogP contribution < -0.4 is 14.9 Å². The molecule has 1 aromatic carbocycles. The normalized spacial score (nSPS) is 19.2. The first-order chi connectivity index (χ1) is 13.2. The van der Waals surface area contributed by atoms with Crippen LogP contribution in [-0.2, 0) is 0 Å². The standard InChI is InChI=1S/C18H18N6O2/c19-12-23-7-4-14(11-23)22-17(25)13-2-3-15-16(10-13)26-9-8-24(15)18-20-5-1-6-21-18/h1-3,5-6,10,14H,4,7-9,11H2,(H,22,25)/t14-/m1/s1/i/hD. The predicted octanol–water partition coefficient (Wildman–Crippen LogP) is 1.29. The number of hydrogen-bond acceptors (Lipinski definition) is 7. The Morgan fingerprint density at radius 2 is 2.23 bits per heavy atom. The van der Waals surface area contributed by atoms with Crippen molar-refractivity contribution in [3.63, 3.8) is 0 Å². The van der Waals surface area contributed by atoms with Gasteiger partial charge in [-0.15, -0.1) is 0 Å². The van der Waals surface area contributed by atoms with Crippen LogP contribution >= 0.6 is 0 Å². The van der Waals surface area contributed by atoms with Gasteiger partial charge >= 0.3 is 0 Å². The number of nitriles is 1. The van der Waals surface area contributed by atoms with Gasteiger partial charge in [0.15, 0.2) is 7.60 Å². The Morgan fingerprint density at radius 3 is 3.00 bits per heavy atom. The van der Waals surface area contributed by atoms with E-state index < -0.39 is 5.91 Å². The van der Waals surface area contributed by atoms with Crippen molar-refractivity contribution < 1.29 is 10.9 Å². The van der Waals surface area contributed by atoms with Crippen molar-refractivity contribution >= 4 is 17.5 Å². The molecule has 1 amide bonds. The van der Waals surface area contributed by atoms with Crippen LogP contribution in [0.1, 0.15) is 16.8 Å². The molecule has 1 fully saturated rings. The number of carbonyl (C=O) groups excluding carboxylic acids is 1. The highest BCUT2D eigenvalue weighted by Crippen LogP contribution is 2.35. The third-order valence-electron chi connectivity index (χ3n) is 4.47. The smallest absolute Gasteiger partial charge is 0.251 e. The molecule has 8 heteroatoms.